The summed E-state index contributed by atoms with van der Waals surface area (Å²) in [5, 5.41) is 9.59. The summed E-state index contributed by atoms with van der Waals surface area (Å²) in [5.41, 5.74) is 0.794. The number of hydrogen-bond acceptors (Lipinski definition) is 6. The molecule has 0 radical (unpaired) electrons. The van der Waals surface area contributed by atoms with E-state index in [0.717, 1.165) is 35.1 Å². The van der Waals surface area contributed by atoms with E-state index in [0.29, 0.717) is 29.9 Å². The van der Waals surface area contributed by atoms with Crippen LogP contribution in [0, 0.1) is 5.82 Å². The molecule has 1 aliphatic rings. The summed E-state index contributed by atoms with van der Waals surface area (Å²) >= 11 is 1.53. The number of hydrogen-bond donors (Lipinski definition) is 0. The Labute approximate surface area is 164 Å². The molecule has 5 rings (SSSR count). The van der Waals surface area contributed by atoms with E-state index in [2.05, 4.69) is 19.7 Å². The van der Waals surface area contributed by atoms with Crippen molar-refractivity contribution in [2.45, 2.75) is 36.2 Å². The third kappa shape index (κ3) is 3.60. The maximum atomic E-state index is 13.1. The summed E-state index contributed by atoms with van der Waals surface area (Å²) in [6.45, 7) is 0.612. The van der Waals surface area contributed by atoms with Crippen LogP contribution < -0.4 is 0 Å². The third-order valence-electron chi connectivity index (χ3n) is 4.59. The summed E-state index contributed by atoms with van der Waals surface area (Å²) in [6, 6.07) is 10.00. The lowest BCUT2D eigenvalue weighted by Gasteiger charge is -2.07. The Morgan fingerprint density at radius 3 is 2.75 bits per heavy atom. The molecule has 1 aliphatic carbocycles. The van der Waals surface area contributed by atoms with Gasteiger partial charge >= 0.3 is 0 Å². The summed E-state index contributed by atoms with van der Waals surface area (Å²) in [7, 11) is 0. The molecular weight excluding hydrogens is 379 g/mol. The van der Waals surface area contributed by atoms with Crippen molar-refractivity contribution in [3.63, 3.8) is 0 Å². The van der Waals surface area contributed by atoms with Gasteiger partial charge in [0.05, 0.1) is 24.8 Å². The molecule has 3 heterocycles. The molecule has 8 heteroatoms. The highest BCUT2D eigenvalue weighted by Crippen LogP contribution is 2.40. The Hall–Kier alpha value is -2.87. The van der Waals surface area contributed by atoms with Gasteiger partial charge in [-0.25, -0.2) is 9.37 Å². The van der Waals surface area contributed by atoms with Crippen molar-refractivity contribution in [2.75, 3.05) is 0 Å². The second-order valence-electron chi connectivity index (χ2n) is 6.69. The van der Waals surface area contributed by atoms with Gasteiger partial charge in [0.15, 0.2) is 10.9 Å². The number of rotatable bonds is 7. The number of thioether (sulfide) groups is 1. The van der Waals surface area contributed by atoms with Crippen LogP contribution in [-0.2, 0) is 12.3 Å². The highest BCUT2D eigenvalue weighted by molar-refractivity contribution is 7.98. The van der Waals surface area contributed by atoms with Crippen LogP contribution in [0.5, 0.6) is 0 Å². The van der Waals surface area contributed by atoms with Crippen LogP contribution in [0.2, 0.25) is 0 Å². The Morgan fingerprint density at radius 2 is 2.00 bits per heavy atom. The fourth-order valence-corrected chi connectivity index (χ4v) is 3.81. The van der Waals surface area contributed by atoms with Gasteiger partial charge in [-0.05, 0) is 49.2 Å². The number of nitrogens with zero attached hydrogens (tertiary/aromatic N) is 4. The molecule has 0 aliphatic heterocycles. The van der Waals surface area contributed by atoms with Crippen LogP contribution in [0.3, 0.4) is 0 Å². The normalized spacial score (nSPS) is 13.9. The van der Waals surface area contributed by atoms with Crippen LogP contribution in [0.25, 0.3) is 11.3 Å². The zero-order valence-corrected chi connectivity index (χ0v) is 15.7. The van der Waals surface area contributed by atoms with Crippen molar-refractivity contribution < 1.29 is 13.2 Å². The second kappa shape index (κ2) is 7.27. The Kier molecular flexibility index (Phi) is 4.48. The van der Waals surface area contributed by atoms with Gasteiger partial charge < -0.3 is 8.83 Å². The molecule has 4 aromatic rings. The van der Waals surface area contributed by atoms with Crippen molar-refractivity contribution in [2.24, 2.45) is 0 Å². The summed E-state index contributed by atoms with van der Waals surface area (Å²) in [6.07, 6.45) is 5.64. The third-order valence-corrected chi connectivity index (χ3v) is 5.54. The number of oxazole rings is 1. The first-order valence-corrected chi connectivity index (χ1v) is 10.0. The predicted molar refractivity (Wildman–Crippen MR) is 101 cm³/mol. The molecule has 0 N–H and O–H groups in total. The lowest BCUT2D eigenvalue weighted by molar-refractivity contribution is 0.478. The minimum absolute atomic E-state index is 0.276. The number of furan rings is 1. The highest BCUT2D eigenvalue weighted by Gasteiger charge is 2.30. The molecule has 1 aromatic carbocycles. The van der Waals surface area contributed by atoms with E-state index < -0.39 is 0 Å². The smallest absolute Gasteiger partial charge is 0.205 e. The first kappa shape index (κ1) is 17.2. The van der Waals surface area contributed by atoms with E-state index in [9.17, 15) is 4.39 Å². The van der Waals surface area contributed by atoms with E-state index >= 15 is 0 Å². The molecular formula is C20H17FN4O2S. The van der Waals surface area contributed by atoms with E-state index in [1.165, 1.54) is 23.9 Å². The zero-order valence-electron chi connectivity index (χ0n) is 14.9. The highest BCUT2D eigenvalue weighted by atomic mass is 32.2. The molecule has 3 aromatic heterocycles. The molecule has 0 saturated heterocycles. The van der Waals surface area contributed by atoms with Crippen LogP contribution in [0.15, 0.2) is 62.8 Å². The van der Waals surface area contributed by atoms with Gasteiger partial charge in [0.1, 0.15) is 17.4 Å². The molecule has 142 valence electrons. The lowest BCUT2D eigenvalue weighted by Crippen LogP contribution is -2.05. The molecule has 0 spiro atoms. The molecule has 0 amide bonds. The van der Waals surface area contributed by atoms with Gasteiger partial charge in [0.2, 0.25) is 5.89 Å². The molecule has 1 fully saturated rings. The van der Waals surface area contributed by atoms with Crippen LogP contribution in [0.4, 0.5) is 4.39 Å². The summed E-state index contributed by atoms with van der Waals surface area (Å²) in [4.78, 5) is 4.33. The van der Waals surface area contributed by atoms with Gasteiger partial charge in [0, 0.05) is 11.5 Å². The number of benzene rings is 1. The van der Waals surface area contributed by atoms with Crippen molar-refractivity contribution in [3.8, 4) is 11.3 Å². The first-order chi connectivity index (χ1) is 13.8. The second-order valence-corrected chi connectivity index (χ2v) is 7.64. The van der Waals surface area contributed by atoms with Gasteiger partial charge in [-0.3, -0.25) is 4.57 Å². The average Bonchev–Trinajstić information content (AvgIpc) is 3.10. The molecule has 6 nitrogen and oxygen atoms in total. The van der Waals surface area contributed by atoms with Crippen molar-refractivity contribution in [1.29, 1.82) is 0 Å². The summed E-state index contributed by atoms with van der Waals surface area (Å²) in [5.74, 6) is 3.83. The zero-order chi connectivity index (χ0) is 18.9. The predicted octanol–water partition coefficient (Wildman–Crippen LogP) is 4.88. The number of aromatic nitrogens is 4. The summed E-state index contributed by atoms with van der Waals surface area (Å²) < 4.78 is 26.5. The molecule has 0 unspecified atom stereocenters. The Balaban J connectivity index is 1.32. The first-order valence-electron chi connectivity index (χ1n) is 9.05. The molecule has 28 heavy (non-hydrogen) atoms. The van der Waals surface area contributed by atoms with Crippen LogP contribution >= 0.6 is 11.8 Å². The Bertz CT molecular complexity index is 1070. The van der Waals surface area contributed by atoms with Crippen molar-refractivity contribution in [3.05, 3.63) is 72.2 Å². The molecule has 0 bridgehead atoms. The topological polar surface area (TPSA) is 69.9 Å². The Morgan fingerprint density at radius 1 is 1.14 bits per heavy atom. The molecule has 0 atom stereocenters. The maximum absolute atomic E-state index is 13.1. The van der Waals surface area contributed by atoms with Crippen molar-refractivity contribution in [1.82, 2.24) is 19.7 Å². The maximum Gasteiger partial charge on any atom is 0.205 e. The fourth-order valence-electron chi connectivity index (χ4n) is 3.01. The van der Waals surface area contributed by atoms with Gasteiger partial charge in [0.25, 0.3) is 0 Å². The van der Waals surface area contributed by atoms with Gasteiger partial charge in [-0.2, -0.15) is 0 Å². The largest absolute Gasteiger partial charge is 0.467 e. The lowest BCUT2D eigenvalue weighted by atomic mass is 10.2. The van der Waals surface area contributed by atoms with Gasteiger partial charge in [-0.15, -0.1) is 10.2 Å². The van der Waals surface area contributed by atoms with Crippen LogP contribution in [0.1, 0.15) is 36.2 Å². The van der Waals surface area contributed by atoms with E-state index in [-0.39, 0.29) is 5.82 Å². The SMILES string of the molecule is Fc1ccc(-c2cnc(CSc3nnc(C4CC4)n3Cc3ccco3)o2)cc1. The monoisotopic (exact) mass is 396 g/mol. The minimum atomic E-state index is -0.276. The van der Waals surface area contributed by atoms with Gasteiger partial charge in [-0.1, -0.05) is 11.8 Å². The van der Waals surface area contributed by atoms with E-state index in [1.54, 1.807) is 24.6 Å². The van der Waals surface area contributed by atoms with Crippen molar-refractivity contribution >= 4 is 11.8 Å². The standard InChI is InChI=1S/C20H17FN4O2S/c21-15-7-5-13(6-8-15)17-10-22-18(27-17)12-28-20-24-23-19(14-3-4-14)25(20)11-16-2-1-9-26-16/h1-2,5-10,14H,3-4,11-12H2. The quantitative estimate of drug-likeness (QED) is 0.415. The number of halogens is 1. The van der Waals surface area contributed by atoms with E-state index in [4.69, 9.17) is 8.83 Å². The minimum Gasteiger partial charge on any atom is -0.467 e. The average molecular weight is 396 g/mol. The molecule has 1 saturated carbocycles. The van der Waals surface area contributed by atoms with E-state index in [1.807, 2.05) is 12.1 Å². The fraction of sp³-hybridized carbons (Fsp3) is 0.250. The van der Waals surface area contributed by atoms with Crippen LogP contribution in [-0.4, -0.2) is 19.7 Å².